The maximum absolute atomic E-state index is 13.9. The van der Waals surface area contributed by atoms with Crippen LogP contribution in [0.25, 0.3) is 0 Å². The van der Waals surface area contributed by atoms with Crippen molar-refractivity contribution < 1.29 is 23.6 Å². The van der Waals surface area contributed by atoms with Crippen LogP contribution in [0.3, 0.4) is 0 Å². The van der Waals surface area contributed by atoms with E-state index in [1.165, 1.54) is 14.0 Å². The van der Waals surface area contributed by atoms with E-state index in [1.807, 2.05) is 6.92 Å². The molecule has 31 heavy (non-hydrogen) atoms. The highest BCUT2D eigenvalue weighted by atomic mass is 19.1. The van der Waals surface area contributed by atoms with E-state index in [1.54, 1.807) is 23.1 Å². The lowest BCUT2D eigenvalue weighted by Crippen LogP contribution is -2.30. The number of likely N-dealkylation sites (N-methyl/N-ethyl adjacent to an activating group) is 1. The number of benzene rings is 2. The Hall–Kier alpha value is -4.09. The normalized spacial score (nSPS) is 10.7. The molecule has 0 spiro atoms. The maximum Gasteiger partial charge on any atom is 0.325 e. The lowest BCUT2D eigenvalue weighted by Gasteiger charge is -2.22. The zero-order valence-corrected chi connectivity index (χ0v) is 17.1. The molecule has 2 aromatic carbocycles. The van der Waals surface area contributed by atoms with Gasteiger partial charge in [0.2, 0.25) is 11.7 Å². The number of nitrogens with one attached hydrogen (secondary N) is 1. The molecule has 0 saturated heterocycles. The van der Waals surface area contributed by atoms with Crippen LogP contribution in [0.2, 0.25) is 0 Å². The SMILES string of the molecule is CCN(CC(=O)OC)c1ccc(/N=N/c2cc(F)c([N+](=O)[O-])cc2N)c(NC(C)=O)c1. The van der Waals surface area contributed by atoms with Gasteiger partial charge in [0.05, 0.1) is 23.4 Å². The van der Waals surface area contributed by atoms with Gasteiger partial charge in [-0.3, -0.25) is 19.7 Å². The second kappa shape index (κ2) is 10.1. The van der Waals surface area contributed by atoms with Crippen LogP contribution in [0.4, 0.5) is 38.5 Å². The van der Waals surface area contributed by atoms with Crippen molar-refractivity contribution in [2.24, 2.45) is 10.2 Å². The summed E-state index contributed by atoms with van der Waals surface area (Å²) < 4.78 is 18.6. The lowest BCUT2D eigenvalue weighted by atomic mass is 10.2. The number of rotatable bonds is 8. The number of anilines is 3. The molecule has 1 amide bonds. The predicted molar refractivity (Wildman–Crippen MR) is 112 cm³/mol. The molecular weight excluding hydrogens is 411 g/mol. The predicted octanol–water partition coefficient (Wildman–Crippen LogP) is 3.69. The molecule has 3 N–H and O–H groups in total. The third-order valence-corrected chi connectivity index (χ3v) is 4.14. The van der Waals surface area contributed by atoms with Gasteiger partial charge in [-0.25, -0.2) is 0 Å². The summed E-state index contributed by atoms with van der Waals surface area (Å²) in [6.07, 6.45) is 0. The zero-order valence-electron chi connectivity index (χ0n) is 17.1. The van der Waals surface area contributed by atoms with Crippen molar-refractivity contribution in [2.75, 3.05) is 36.1 Å². The maximum atomic E-state index is 13.9. The van der Waals surface area contributed by atoms with Crippen molar-refractivity contribution in [2.45, 2.75) is 13.8 Å². The zero-order chi connectivity index (χ0) is 23.1. The third kappa shape index (κ3) is 5.95. The van der Waals surface area contributed by atoms with Gasteiger partial charge >= 0.3 is 11.7 Å². The largest absolute Gasteiger partial charge is 0.468 e. The second-order valence-electron chi connectivity index (χ2n) is 6.29. The fourth-order valence-electron chi connectivity index (χ4n) is 2.61. The van der Waals surface area contributed by atoms with Crippen LogP contribution >= 0.6 is 0 Å². The van der Waals surface area contributed by atoms with Crippen LogP contribution in [0.1, 0.15) is 13.8 Å². The molecule has 0 aliphatic rings. The van der Waals surface area contributed by atoms with Crippen LogP contribution in [0, 0.1) is 15.9 Å². The summed E-state index contributed by atoms with van der Waals surface area (Å²) in [7, 11) is 1.29. The minimum atomic E-state index is -1.10. The van der Waals surface area contributed by atoms with E-state index in [0.29, 0.717) is 12.2 Å². The van der Waals surface area contributed by atoms with E-state index >= 15 is 0 Å². The monoisotopic (exact) mass is 432 g/mol. The lowest BCUT2D eigenvalue weighted by molar-refractivity contribution is -0.387. The molecule has 2 rings (SSSR count). The molecule has 12 heteroatoms. The average Bonchev–Trinajstić information content (AvgIpc) is 2.72. The quantitative estimate of drug-likeness (QED) is 0.212. The molecule has 0 fully saturated rings. The minimum Gasteiger partial charge on any atom is -0.468 e. The van der Waals surface area contributed by atoms with Crippen molar-refractivity contribution in [3.05, 3.63) is 46.3 Å². The molecular formula is C19H21FN6O5. The number of nitrogen functional groups attached to an aromatic ring is 1. The Labute approximate surface area is 176 Å². The van der Waals surface area contributed by atoms with Gasteiger partial charge in [0.15, 0.2) is 0 Å². The summed E-state index contributed by atoms with van der Waals surface area (Å²) in [6.45, 7) is 3.66. The average molecular weight is 432 g/mol. The van der Waals surface area contributed by atoms with E-state index in [9.17, 15) is 24.1 Å². The molecule has 0 aromatic heterocycles. The highest BCUT2D eigenvalue weighted by Gasteiger charge is 2.17. The van der Waals surface area contributed by atoms with Crippen molar-refractivity contribution in [3.63, 3.8) is 0 Å². The van der Waals surface area contributed by atoms with E-state index in [2.05, 4.69) is 20.3 Å². The summed E-state index contributed by atoms with van der Waals surface area (Å²) >= 11 is 0. The highest BCUT2D eigenvalue weighted by molar-refractivity contribution is 5.93. The number of methoxy groups -OCH3 is 1. The number of nitrogens with zero attached hydrogens (tertiary/aromatic N) is 4. The number of carbonyl (C=O) groups excluding carboxylic acids is 2. The first-order chi connectivity index (χ1) is 14.7. The molecule has 0 aliphatic heterocycles. The van der Waals surface area contributed by atoms with Crippen LogP contribution in [0.5, 0.6) is 0 Å². The summed E-state index contributed by atoms with van der Waals surface area (Å²) in [5, 5.41) is 21.3. The standard InChI is InChI=1S/C19H21FN6O5/c1-4-25(10-19(28)31-3)12-5-6-15(17(7-12)22-11(2)27)23-24-16-8-13(20)18(26(29)30)9-14(16)21/h5-9H,4,10,21H2,1-3H3,(H,22,27)/b24-23+. The minimum absolute atomic E-state index is 0.00593. The molecule has 0 bridgehead atoms. The van der Waals surface area contributed by atoms with Crippen LogP contribution in [0.15, 0.2) is 40.6 Å². The van der Waals surface area contributed by atoms with Gasteiger partial charge in [0.25, 0.3) is 0 Å². The number of hydrogen-bond acceptors (Lipinski definition) is 9. The number of halogens is 1. The Morgan fingerprint density at radius 3 is 2.52 bits per heavy atom. The van der Waals surface area contributed by atoms with Gasteiger partial charge in [-0.2, -0.15) is 4.39 Å². The van der Waals surface area contributed by atoms with E-state index < -0.39 is 22.4 Å². The number of esters is 1. The van der Waals surface area contributed by atoms with E-state index in [-0.39, 0.29) is 35.2 Å². The molecule has 2 aromatic rings. The van der Waals surface area contributed by atoms with Gasteiger partial charge in [0, 0.05) is 31.3 Å². The molecule has 11 nitrogen and oxygen atoms in total. The number of carbonyl (C=O) groups is 2. The van der Waals surface area contributed by atoms with Crippen molar-refractivity contribution in [1.82, 2.24) is 0 Å². The fourth-order valence-corrected chi connectivity index (χ4v) is 2.61. The van der Waals surface area contributed by atoms with Gasteiger partial charge < -0.3 is 20.7 Å². The first-order valence-corrected chi connectivity index (χ1v) is 9.04. The summed E-state index contributed by atoms with van der Waals surface area (Å²) in [4.78, 5) is 34.8. The third-order valence-electron chi connectivity index (χ3n) is 4.14. The van der Waals surface area contributed by atoms with Crippen LogP contribution < -0.4 is 16.0 Å². The highest BCUT2D eigenvalue weighted by Crippen LogP contribution is 2.34. The van der Waals surface area contributed by atoms with Gasteiger partial charge in [-0.1, -0.05) is 0 Å². The van der Waals surface area contributed by atoms with Crippen LogP contribution in [-0.4, -0.2) is 37.0 Å². The van der Waals surface area contributed by atoms with E-state index in [0.717, 1.165) is 12.1 Å². The number of nitrogens with two attached hydrogens (primary N) is 1. The van der Waals surface area contributed by atoms with Crippen molar-refractivity contribution >= 4 is 46.0 Å². The number of hydrogen-bond donors (Lipinski definition) is 2. The Morgan fingerprint density at radius 1 is 1.26 bits per heavy atom. The fraction of sp³-hybridized carbons (Fsp3) is 0.263. The Balaban J connectivity index is 2.42. The number of nitro benzene ring substituents is 1. The Bertz CT molecular complexity index is 1040. The van der Waals surface area contributed by atoms with Gasteiger partial charge in [0.1, 0.15) is 17.9 Å². The smallest absolute Gasteiger partial charge is 0.325 e. The number of amides is 1. The Morgan fingerprint density at radius 2 is 1.94 bits per heavy atom. The number of nitro groups is 1. The molecule has 0 unspecified atom stereocenters. The number of ether oxygens (including phenoxy) is 1. The molecule has 0 radical (unpaired) electrons. The molecule has 0 heterocycles. The van der Waals surface area contributed by atoms with Crippen molar-refractivity contribution in [3.8, 4) is 0 Å². The number of azo groups is 1. The van der Waals surface area contributed by atoms with Gasteiger partial charge in [-0.05, 0) is 25.1 Å². The van der Waals surface area contributed by atoms with Crippen LogP contribution in [-0.2, 0) is 14.3 Å². The molecule has 0 aliphatic carbocycles. The Kier molecular flexibility index (Phi) is 7.55. The first-order valence-electron chi connectivity index (χ1n) is 9.04. The molecule has 0 atom stereocenters. The second-order valence-corrected chi connectivity index (χ2v) is 6.29. The van der Waals surface area contributed by atoms with Gasteiger partial charge in [-0.15, -0.1) is 10.2 Å². The summed E-state index contributed by atoms with van der Waals surface area (Å²) in [6, 6.07) is 6.46. The van der Waals surface area contributed by atoms with E-state index in [4.69, 9.17) is 5.73 Å². The summed E-state index contributed by atoms with van der Waals surface area (Å²) in [5.74, 6) is -1.90. The molecule has 164 valence electrons. The first kappa shape index (κ1) is 23.2. The molecule has 0 saturated carbocycles. The van der Waals surface area contributed by atoms with Crippen molar-refractivity contribution in [1.29, 1.82) is 0 Å². The summed E-state index contributed by atoms with van der Waals surface area (Å²) in [5.41, 5.74) is 5.83. The topological polar surface area (TPSA) is 153 Å².